The molecule has 0 saturated carbocycles. The molecule has 11 heteroatoms. The summed E-state index contributed by atoms with van der Waals surface area (Å²) in [4.78, 5) is 25.6. The lowest BCUT2D eigenvalue weighted by Crippen LogP contribution is -2.33. The number of nitrogens with zero attached hydrogens (tertiary/aromatic N) is 3. The average Bonchev–Trinajstić information content (AvgIpc) is 3.51. The van der Waals surface area contributed by atoms with Gasteiger partial charge in [-0.2, -0.15) is 0 Å². The number of hydrogen-bond donors (Lipinski definition) is 2. The van der Waals surface area contributed by atoms with Crippen molar-refractivity contribution >= 4 is 29.3 Å². The van der Waals surface area contributed by atoms with E-state index in [1.54, 1.807) is 37.4 Å². The van der Waals surface area contributed by atoms with E-state index < -0.39 is 0 Å². The number of rotatable bonds is 10. The average molecular weight is 512 g/mol. The van der Waals surface area contributed by atoms with Crippen molar-refractivity contribution in [3.05, 3.63) is 53.9 Å². The molecule has 4 rings (SSSR count). The van der Waals surface area contributed by atoms with Crippen LogP contribution in [-0.4, -0.2) is 46.2 Å². The Morgan fingerprint density at radius 3 is 2.69 bits per heavy atom. The van der Waals surface area contributed by atoms with Crippen LogP contribution in [0, 0.1) is 5.92 Å². The molecule has 0 bridgehead atoms. The Kier molecular flexibility index (Phi) is 7.99. The molecule has 0 spiro atoms. The summed E-state index contributed by atoms with van der Waals surface area (Å²) < 4.78 is 17.8. The Bertz CT molecular complexity index is 1250. The van der Waals surface area contributed by atoms with Crippen molar-refractivity contribution in [1.29, 1.82) is 0 Å². The Morgan fingerprint density at radius 2 is 1.94 bits per heavy atom. The molecule has 0 fully saturated rings. The van der Waals surface area contributed by atoms with E-state index in [4.69, 9.17) is 14.2 Å². The van der Waals surface area contributed by atoms with Gasteiger partial charge in [0.15, 0.2) is 22.5 Å². The number of fused-ring (bicyclic) bond motifs is 1. The molecule has 36 heavy (non-hydrogen) atoms. The molecule has 3 aromatic rings. The van der Waals surface area contributed by atoms with Crippen LogP contribution in [0.25, 0.3) is 0 Å². The van der Waals surface area contributed by atoms with Crippen LogP contribution in [0.5, 0.6) is 17.2 Å². The largest absolute Gasteiger partial charge is 0.497 e. The van der Waals surface area contributed by atoms with Gasteiger partial charge < -0.3 is 29.4 Å². The van der Waals surface area contributed by atoms with E-state index >= 15 is 0 Å². The quantitative estimate of drug-likeness (QED) is 0.394. The first-order valence-electron chi connectivity index (χ1n) is 11.6. The third-order valence-electron chi connectivity index (χ3n) is 5.61. The molecule has 2 aromatic carbocycles. The highest BCUT2D eigenvalue weighted by Crippen LogP contribution is 2.33. The molecule has 1 unspecified atom stereocenters. The summed E-state index contributed by atoms with van der Waals surface area (Å²) in [5.74, 6) is 2.26. The maximum absolute atomic E-state index is 13.0. The van der Waals surface area contributed by atoms with Gasteiger partial charge in [0, 0.05) is 23.9 Å². The van der Waals surface area contributed by atoms with Gasteiger partial charge in [0.05, 0.1) is 18.9 Å². The molecule has 10 nitrogen and oxygen atoms in total. The summed E-state index contributed by atoms with van der Waals surface area (Å²) in [6.07, 6.45) is 0. The highest BCUT2D eigenvalue weighted by molar-refractivity contribution is 7.99. The highest BCUT2D eigenvalue weighted by atomic mass is 32.2. The minimum atomic E-state index is -0.379. The number of benzene rings is 2. The fraction of sp³-hybridized carbons (Fsp3) is 0.360. The molecule has 1 atom stereocenters. The Labute approximate surface area is 213 Å². The topological polar surface area (TPSA) is 117 Å². The van der Waals surface area contributed by atoms with Crippen LogP contribution in [-0.2, 0) is 11.3 Å². The van der Waals surface area contributed by atoms with E-state index in [0.29, 0.717) is 46.0 Å². The summed E-state index contributed by atoms with van der Waals surface area (Å²) in [7, 11) is 1.58. The third-order valence-corrected chi connectivity index (χ3v) is 6.58. The number of hydrogen-bond acceptors (Lipinski definition) is 8. The number of thioether (sulfide) groups is 1. The van der Waals surface area contributed by atoms with Crippen LogP contribution < -0.4 is 24.8 Å². The number of aromatic nitrogens is 3. The summed E-state index contributed by atoms with van der Waals surface area (Å²) in [6, 6.07) is 11.9. The number of nitrogens with one attached hydrogen (secondary N) is 2. The van der Waals surface area contributed by atoms with Crippen molar-refractivity contribution in [3.8, 4) is 17.2 Å². The van der Waals surface area contributed by atoms with Crippen LogP contribution in [0.1, 0.15) is 43.0 Å². The summed E-state index contributed by atoms with van der Waals surface area (Å²) in [5.41, 5.74) is 1.12. The SMILES string of the molecule is CCn1c(SCC(=O)Nc2cccc(OC)c2)nnc1C(NC(=O)c1ccc2c(c1)OCO2)C(C)C. The smallest absolute Gasteiger partial charge is 0.252 e. The van der Waals surface area contributed by atoms with Crippen LogP contribution in [0.2, 0.25) is 0 Å². The van der Waals surface area contributed by atoms with Crippen LogP contribution >= 0.6 is 11.8 Å². The maximum Gasteiger partial charge on any atom is 0.252 e. The van der Waals surface area contributed by atoms with Gasteiger partial charge in [-0.25, -0.2) is 0 Å². The number of ether oxygens (including phenoxy) is 3. The predicted octanol–water partition coefficient (Wildman–Crippen LogP) is 3.89. The highest BCUT2D eigenvalue weighted by Gasteiger charge is 2.27. The van der Waals surface area contributed by atoms with Crippen LogP contribution in [0.15, 0.2) is 47.6 Å². The number of amides is 2. The zero-order chi connectivity index (χ0) is 25.7. The van der Waals surface area contributed by atoms with Gasteiger partial charge in [0.2, 0.25) is 12.7 Å². The zero-order valence-corrected chi connectivity index (χ0v) is 21.4. The van der Waals surface area contributed by atoms with Gasteiger partial charge in [-0.3, -0.25) is 9.59 Å². The Balaban J connectivity index is 1.44. The number of carbonyl (C=O) groups is 2. The third kappa shape index (κ3) is 5.73. The summed E-state index contributed by atoms with van der Waals surface area (Å²) in [5, 5.41) is 15.2. The second-order valence-electron chi connectivity index (χ2n) is 8.42. The second kappa shape index (κ2) is 11.3. The van der Waals surface area contributed by atoms with Crippen LogP contribution in [0.3, 0.4) is 0 Å². The molecule has 2 heterocycles. The number of anilines is 1. The summed E-state index contributed by atoms with van der Waals surface area (Å²) in [6.45, 7) is 6.73. The molecule has 2 N–H and O–H groups in total. The second-order valence-corrected chi connectivity index (χ2v) is 9.36. The van der Waals surface area contributed by atoms with Gasteiger partial charge in [-0.1, -0.05) is 31.7 Å². The molecule has 190 valence electrons. The van der Waals surface area contributed by atoms with Crippen molar-refractivity contribution in [2.45, 2.75) is 38.5 Å². The van der Waals surface area contributed by atoms with E-state index in [2.05, 4.69) is 20.8 Å². The molecule has 2 amide bonds. The van der Waals surface area contributed by atoms with Crippen molar-refractivity contribution in [1.82, 2.24) is 20.1 Å². The standard InChI is InChI=1S/C25H29N5O5S/c1-5-30-23(22(15(2)3)27-24(32)16-9-10-19-20(11-16)35-14-34-19)28-29-25(30)36-13-21(31)26-17-7-6-8-18(12-17)33-4/h6-12,15,22H,5,13-14H2,1-4H3,(H,26,31)(H,27,32). The zero-order valence-electron chi connectivity index (χ0n) is 20.6. The lowest BCUT2D eigenvalue weighted by Gasteiger charge is -2.22. The molecule has 1 aliphatic heterocycles. The molecule has 1 aliphatic rings. The first-order chi connectivity index (χ1) is 17.4. The van der Waals surface area contributed by atoms with Crippen LogP contribution in [0.4, 0.5) is 5.69 Å². The first kappa shape index (κ1) is 25.4. The number of methoxy groups -OCH3 is 1. The lowest BCUT2D eigenvalue weighted by molar-refractivity contribution is -0.113. The van der Waals surface area contributed by atoms with E-state index in [1.807, 2.05) is 37.5 Å². The Hall–Kier alpha value is -3.73. The molecule has 0 radical (unpaired) electrons. The molecule has 1 aromatic heterocycles. The minimum Gasteiger partial charge on any atom is -0.497 e. The summed E-state index contributed by atoms with van der Waals surface area (Å²) >= 11 is 1.29. The fourth-order valence-corrected chi connectivity index (χ4v) is 4.56. The van der Waals surface area contributed by atoms with Gasteiger partial charge in [0.25, 0.3) is 5.91 Å². The maximum atomic E-state index is 13.0. The first-order valence-corrected chi connectivity index (χ1v) is 12.6. The van der Waals surface area contributed by atoms with Gasteiger partial charge in [0.1, 0.15) is 5.75 Å². The van der Waals surface area contributed by atoms with E-state index in [9.17, 15) is 9.59 Å². The van der Waals surface area contributed by atoms with Crippen molar-refractivity contribution in [2.24, 2.45) is 5.92 Å². The predicted molar refractivity (Wildman–Crippen MR) is 136 cm³/mol. The monoisotopic (exact) mass is 511 g/mol. The van der Waals surface area contributed by atoms with Gasteiger partial charge >= 0.3 is 0 Å². The van der Waals surface area contributed by atoms with Crippen molar-refractivity contribution in [2.75, 3.05) is 25.0 Å². The minimum absolute atomic E-state index is 0.0478. The fourth-order valence-electron chi connectivity index (χ4n) is 3.75. The van der Waals surface area contributed by atoms with Crippen molar-refractivity contribution in [3.63, 3.8) is 0 Å². The molecular formula is C25H29N5O5S. The molecule has 0 saturated heterocycles. The molecule has 0 aliphatic carbocycles. The Morgan fingerprint density at radius 1 is 1.14 bits per heavy atom. The normalized spacial score (nSPS) is 12.9. The number of carbonyl (C=O) groups excluding carboxylic acids is 2. The van der Waals surface area contributed by atoms with Gasteiger partial charge in [-0.05, 0) is 43.2 Å². The lowest BCUT2D eigenvalue weighted by atomic mass is 10.0. The van der Waals surface area contributed by atoms with E-state index in [0.717, 1.165) is 0 Å². The van der Waals surface area contributed by atoms with E-state index in [-0.39, 0.29) is 36.3 Å². The van der Waals surface area contributed by atoms with Crippen molar-refractivity contribution < 1.29 is 23.8 Å². The molecular weight excluding hydrogens is 482 g/mol. The van der Waals surface area contributed by atoms with Gasteiger partial charge in [-0.15, -0.1) is 10.2 Å². The van der Waals surface area contributed by atoms with E-state index in [1.165, 1.54) is 11.8 Å².